The number of carbonyl (C=O) groups is 3. The highest BCUT2D eigenvalue weighted by Crippen LogP contribution is 2.34. The van der Waals surface area contributed by atoms with E-state index in [1.165, 1.54) is 10.5 Å². The molecule has 0 bridgehead atoms. The Kier molecular flexibility index (Phi) is 5.15. The molecule has 0 spiro atoms. The molecule has 1 atom stereocenters. The summed E-state index contributed by atoms with van der Waals surface area (Å²) in [5, 5.41) is 0.0323. The normalized spacial score (nSPS) is 24.3. The van der Waals surface area contributed by atoms with Gasteiger partial charge in [-0.05, 0) is 29.7 Å². The lowest BCUT2D eigenvalue weighted by atomic mass is 10.0. The number of fused-ring (bicyclic) bond motifs is 1. The number of morpholine rings is 1. The van der Waals surface area contributed by atoms with E-state index in [2.05, 4.69) is 17.0 Å². The molecule has 0 saturated carbocycles. The van der Waals surface area contributed by atoms with Crippen molar-refractivity contribution in [3.8, 4) is 5.75 Å². The lowest BCUT2D eigenvalue weighted by Crippen LogP contribution is -2.52. The second-order valence-electron chi connectivity index (χ2n) is 8.36. The number of rotatable bonds is 6. The molecule has 1 unspecified atom stereocenters. The third-order valence-electron chi connectivity index (χ3n) is 6.20. The number of hydrogen-bond donors (Lipinski definition) is 1. The van der Waals surface area contributed by atoms with E-state index in [1.807, 2.05) is 12.1 Å². The summed E-state index contributed by atoms with van der Waals surface area (Å²) in [5.41, 5.74) is 3.16. The quantitative estimate of drug-likeness (QED) is 0.674. The van der Waals surface area contributed by atoms with Gasteiger partial charge in [0.25, 0.3) is 5.91 Å². The number of nitrogens with zero attached hydrogens (tertiary/aromatic N) is 2. The van der Waals surface area contributed by atoms with E-state index < -0.39 is 36.6 Å². The number of imide groups is 1. The van der Waals surface area contributed by atoms with Gasteiger partial charge in [0, 0.05) is 39.9 Å². The Hall–Kier alpha value is -3.23. The van der Waals surface area contributed by atoms with Crippen LogP contribution in [-0.2, 0) is 34.0 Å². The number of ether oxygens (including phenoxy) is 2. The minimum atomic E-state index is -2.40. The van der Waals surface area contributed by atoms with Crippen LogP contribution >= 0.6 is 0 Å². The molecule has 2 saturated heterocycles. The second-order valence-corrected chi connectivity index (χ2v) is 8.36. The number of hydrogen-bond acceptors (Lipinski definition) is 6. The van der Waals surface area contributed by atoms with Crippen molar-refractivity contribution < 1.29 is 28.0 Å². The number of carbonyl (C=O) groups excluding carboxylic acids is 3. The zero-order chi connectivity index (χ0) is 25.4. The number of nitrogens with one attached hydrogen (secondary N) is 1. The van der Waals surface area contributed by atoms with Crippen LogP contribution in [0.4, 0.5) is 0 Å². The Bertz CT molecular complexity index is 1180. The van der Waals surface area contributed by atoms with Gasteiger partial charge in [0.15, 0.2) is 1.41 Å². The Morgan fingerprint density at radius 1 is 1.09 bits per heavy atom. The van der Waals surface area contributed by atoms with Crippen molar-refractivity contribution in [2.24, 2.45) is 0 Å². The fraction of sp³-hybridized carbons (Fsp3) is 0.400. The maximum absolute atomic E-state index is 13.1. The molecule has 3 heterocycles. The van der Waals surface area contributed by atoms with E-state index in [4.69, 9.17) is 13.6 Å². The Labute approximate surface area is 196 Å². The van der Waals surface area contributed by atoms with Crippen molar-refractivity contribution >= 4 is 17.7 Å². The monoisotopic (exact) mass is 452 g/mol. The van der Waals surface area contributed by atoms with E-state index in [0.29, 0.717) is 23.5 Å². The van der Waals surface area contributed by atoms with Gasteiger partial charge in [-0.15, -0.1) is 0 Å². The summed E-state index contributed by atoms with van der Waals surface area (Å²) in [6.45, 7) is 4.57. The van der Waals surface area contributed by atoms with E-state index >= 15 is 0 Å². The average molecular weight is 453 g/mol. The Balaban J connectivity index is 1.26. The average Bonchev–Trinajstić information content (AvgIpc) is 3.22. The molecule has 3 amide bonds. The van der Waals surface area contributed by atoms with Gasteiger partial charge in [-0.2, -0.15) is 0 Å². The SMILES string of the molecule is [2H]N1C(=O)C(N2Cc3c(OCc4ccc(CN5CCOCC5)cc4)cccc3C2=O)CC([2H])([2H])C1=O. The van der Waals surface area contributed by atoms with Crippen LogP contribution in [0, 0.1) is 0 Å². The van der Waals surface area contributed by atoms with Gasteiger partial charge in [0.05, 0.1) is 19.8 Å². The molecule has 0 aromatic heterocycles. The molecule has 172 valence electrons. The Morgan fingerprint density at radius 3 is 2.64 bits per heavy atom. The third kappa shape index (κ3) is 4.62. The molecular weight excluding hydrogens is 422 g/mol. The van der Waals surface area contributed by atoms with Gasteiger partial charge < -0.3 is 14.4 Å². The van der Waals surface area contributed by atoms with Gasteiger partial charge in [0.2, 0.25) is 11.8 Å². The molecule has 1 N–H and O–H groups in total. The van der Waals surface area contributed by atoms with Crippen LogP contribution in [0.2, 0.25) is 1.41 Å². The predicted molar refractivity (Wildman–Crippen MR) is 119 cm³/mol. The molecular formula is C25H27N3O5. The molecule has 0 radical (unpaired) electrons. The maximum atomic E-state index is 13.1. The highest BCUT2D eigenvalue weighted by molar-refractivity contribution is 6.05. The van der Waals surface area contributed by atoms with E-state index in [1.54, 1.807) is 18.2 Å². The first-order valence-electron chi connectivity index (χ1n) is 12.5. The number of amides is 3. The maximum Gasteiger partial charge on any atom is 0.255 e. The number of benzene rings is 2. The summed E-state index contributed by atoms with van der Waals surface area (Å²) in [7, 11) is 0. The van der Waals surface area contributed by atoms with Gasteiger partial charge in [-0.25, -0.2) is 0 Å². The first-order chi connectivity index (χ1) is 17.2. The second kappa shape index (κ2) is 9.33. The molecule has 3 aliphatic heterocycles. The summed E-state index contributed by atoms with van der Waals surface area (Å²) in [6.07, 6.45) is -2.88. The minimum Gasteiger partial charge on any atom is -0.489 e. The zero-order valence-corrected chi connectivity index (χ0v) is 18.2. The smallest absolute Gasteiger partial charge is 0.255 e. The molecule has 8 heteroatoms. The minimum absolute atomic E-state index is 0.0323. The van der Waals surface area contributed by atoms with Gasteiger partial charge in [0.1, 0.15) is 18.4 Å². The molecule has 2 aromatic rings. The third-order valence-corrected chi connectivity index (χ3v) is 6.20. The van der Waals surface area contributed by atoms with E-state index in [0.717, 1.165) is 38.4 Å². The van der Waals surface area contributed by atoms with Crippen LogP contribution in [0.3, 0.4) is 0 Å². The molecule has 33 heavy (non-hydrogen) atoms. The predicted octanol–water partition coefficient (Wildman–Crippen LogP) is 1.86. The molecule has 2 fully saturated rings. The Morgan fingerprint density at radius 2 is 1.85 bits per heavy atom. The summed E-state index contributed by atoms with van der Waals surface area (Å²) in [5.74, 6) is -2.06. The van der Waals surface area contributed by atoms with Crippen LogP contribution in [0.5, 0.6) is 5.75 Å². The van der Waals surface area contributed by atoms with Gasteiger partial charge in [-0.1, -0.05) is 30.3 Å². The van der Waals surface area contributed by atoms with Crippen molar-refractivity contribution in [1.29, 1.82) is 0 Å². The molecule has 5 rings (SSSR count). The first kappa shape index (κ1) is 18.2. The summed E-state index contributed by atoms with van der Waals surface area (Å²) < 4.78 is 34.9. The standard InChI is InChI=1S/C25H27N3O5/c29-23-9-8-21(24(30)26-23)28-15-20-19(25(28)31)2-1-3-22(20)33-16-18-6-4-17(5-7-18)14-27-10-12-32-13-11-27/h1-7,21H,8-16H2,(H,26,29,30)/i9D2/hD. The van der Waals surface area contributed by atoms with Gasteiger partial charge >= 0.3 is 0 Å². The van der Waals surface area contributed by atoms with Crippen molar-refractivity contribution in [3.05, 3.63) is 64.7 Å². The fourth-order valence-electron chi connectivity index (χ4n) is 4.36. The largest absolute Gasteiger partial charge is 0.489 e. The van der Waals surface area contributed by atoms with Crippen LogP contribution < -0.4 is 10.0 Å². The fourth-order valence-corrected chi connectivity index (χ4v) is 4.36. The highest BCUT2D eigenvalue weighted by Gasteiger charge is 2.40. The molecule has 0 aliphatic carbocycles. The van der Waals surface area contributed by atoms with Crippen molar-refractivity contribution in [2.45, 2.75) is 38.5 Å². The van der Waals surface area contributed by atoms with E-state index in [-0.39, 0.29) is 11.9 Å². The highest BCUT2D eigenvalue weighted by atomic mass is 16.5. The topological polar surface area (TPSA) is 88.2 Å². The van der Waals surface area contributed by atoms with Crippen molar-refractivity contribution in [3.63, 3.8) is 0 Å². The summed E-state index contributed by atoms with van der Waals surface area (Å²) >= 11 is 0. The summed E-state index contributed by atoms with van der Waals surface area (Å²) in [4.78, 5) is 41.2. The van der Waals surface area contributed by atoms with E-state index in [9.17, 15) is 14.4 Å². The summed E-state index contributed by atoms with van der Waals surface area (Å²) in [6, 6.07) is 12.0. The van der Waals surface area contributed by atoms with Crippen molar-refractivity contribution in [2.75, 3.05) is 26.3 Å². The first-order valence-corrected chi connectivity index (χ1v) is 11.1. The van der Waals surface area contributed by atoms with Crippen LogP contribution in [0.25, 0.3) is 0 Å². The number of piperidine rings is 1. The molecule has 2 aromatic carbocycles. The molecule has 8 nitrogen and oxygen atoms in total. The van der Waals surface area contributed by atoms with Crippen LogP contribution in [0.1, 0.15) is 42.6 Å². The van der Waals surface area contributed by atoms with Crippen LogP contribution in [-0.4, -0.2) is 59.9 Å². The molecule has 3 aliphatic rings. The van der Waals surface area contributed by atoms with Crippen LogP contribution in [0.15, 0.2) is 42.5 Å². The zero-order valence-electron chi connectivity index (χ0n) is 21.2. The van der Waals surface area contributed by atoms with Gasteiger partial charge in [-0.3, -0.25) is 24.6 Å². The lowest BCUT2D eigenvalue weighted by Gasteiger charge is -2.29. The lowest BCUT2D eigenvalue weighted by molar-refractivity contribution is -0.136. The van der Waals surface area contributed by atoms with Crippen molar-refractivity contribution in [1.82, 2.24) is 15.1 Å².